The average Bonchev–Trinajstić information content (AvgIpc) is 2.90. The van der Waals surface area contributed by atoms with Gasteiger partial charge in [0.1, 0.15) is 0 Å². The Morgan fingerprint density at radius 1 is 1.15 bits per heavy atom. The molecular weight excluding hydrogens is 250 g/mol. The molecule has 0 bridgehead atoms. The van der Waals surface area contributed by atoms with Crippen LogP contribution in [-0.4, -0.2) is 12.8 Å². The zero-order chi connectivity index (χ0) is 14.1. The third kappa shape index (κ3) is 2.78. The highest BCUT2D eigenvalue weighted by molar-refractivity contribution is 5.45. The van der Waals surface area contributed by atoms with Crippen LogP contribution < -0.4 is 14.8 Å². The molecule has 1 aromatic rings. The van der Waals surface area contributed by atoms with Gasteiger partial charge in [0.05, 0.1) is 0 Å². The Morgan fingerprint density at radius 2 is 1.95 bits per heavy atom. The molecule has 1 aliphatic carbocycles. The molecule has 4 atom stereocenters. The Balaban J connectivity index is 1.68. The summed E-state index contributed by atoms with van der Waals surface area (Å²) >= 11 is 0. The molecule has 0 aromatic heterocycles. The summed E-state index contributed by atoms with van der Waals surface area (Å²) in [6.07, 6.45) is 4.00. The number of benzene rings is 1. The number of fused-ring (bicyclic) bond motifs is 1. The van der Waals surface area contributed by atoms with Gasteiger partial charge in [-0.25, -0.2) is 0 Å². The second-order valence-electron chi connectivity index (χ2n) is 6.50. The number of hydrogen-bond acceptors (Lipinski definition) is 3. The van der Waals surface area contributed by atoms with Crippen molar-refractivity contribution in [3.8, 4) is 11.5 Å². The molecule has 1 heterocycles. The van der Waals surface area contributed by atoms with E-state index in [0.717, 1.165) is 23.3 Å². The van der Waals surface area contributed by atoms with Gasteiger partial charge in [-0.05, 0) is 49.3 Å². The molecule has 110 valence electrons. The van der Waals surface area contributed by atoms with Crippen LogP contribution in [-0.2, 0) is 0 Å². The van der Waals surface area contributed by atoms with Gasteiger partial charge in [-0.1, -0.05) is 26.3 Å². The maximum absolute atomic E-state index is 5.47. The van der Waals surface area contributed by atoms with Crippen LogP contribution in [0.25, 0.3) is 0 Å². The van der Waals surface area contributed by atoms with E-state index < -0.39 is 0 Å². The van der Waals surface area contributed by atoms with Crippen LogP contribution in [0.3, 0.4) is 0 Å². The van der Waals surface area contributed by atoms with Gasteiger partial charge in [-0.3, -0.25) is 0 Å². The van der Waals surface area contributed by atoms with Crippen molar-refractivity contribution in [2.45, 2.75) is 52.1 Å². The second kappa shape index (κ2) is 5.65. The Morgan fingerprint density at radius 3 is 2.80 bits per heavy atom. The summed E-state index contributed by atoms with van der Waals surface area (Å²) in [5.41, 5.74) is 1.28. The van der Waals surface area contributed by atoms with Gasteiger partial charge < -0.3 is 14.8 Å². The molecule has 4 unspecified atom stereocenters. The third-order valence-electron chi connectivity index (χ3n) is 4.82. The second-order valence-corrected chi connectivity index (χ2v) is 6.50. The standard InChI is InChI=1S/C17H25NO2/c1-11-4-5-12(2)15(8-11)18-13(3)14-6-7-16-17(9-14)20-10-19-16/h6-7,9,11-13,15,18H,4-5,8,10H2,1-3H3. The predicted molar refractivity (Wildman–Crippen MR) is 80.1 cm³/mol. The molecule has 1 aliphatic heterocycles. The van der Waals surface area contributed by atoms with E-state index in [4.69, 9.17) is 9.47 Å². The maximum atomic E-state index is 5.47. The van der Waals surface area contributed by atoms with Crippen LogP contribution in [0.4, 0.5) is 0 Å². The van der Waals surface area contributed by atoms with Crippen LogP contribution in [0.2, 0.25) is 0 Å². The first-order valence-electron chi connectivity index (χ1n) is 7.79. The molecule has 1 fully saturated rings. The van der Waals surface area contributed by atoms with E-state index in [-0.39, 0.29) is 0 Å². The van der Waals surface area contributed by atoms with E-state index in [2.05, 4.69) is 38.2 Å². The smallest absolute Gasteiger partial charge is 0.231 e. The molecule has 1 N–H and O–H groups in total. The maximum Gasteiger partial charge on any atom is 0.231 e. The van der Waals surface area contributed by atoms with Gasteiger partial charge >= 0.3 is 0 Å². The van der Waals surface area contributed by atoms with Gasteiger partial charge in [-0.15, -0.1) is 0 Å². The lowest BCUT2D eigenvalue weighted by molar-refractivity contribution is 0.174. The van der Waals surface area contributed by atoms with E-state index in [0.29, 0.717) is 18.9 Å². The van der Waals surface area contributed by atoms with Crippen molar-refractivity contribution in [2.75, 3.05) is 6.79 Å². The van der Waals surface area contributed by atoms with Crippen molar-refractivity contribution >= 4 is 0 Å². The van der Waals surface area contributed by atoms with E-state index in [1.165, 1.54) is 24.8 Å². The number of ether oxygens (including phenoxy) is 2. The van der Waals surface area contributed by atoms with Gasteiger partial charge in [-0.2, -0.15) is 0 Å². The fourth-order valence-electron chi connectivity index (χ4n) is 3.36. The minimum absolute atomic E-state index is 0.345. The van der Waals surface area contributed by atoms with Crippen molar-refractivity contribution in [1.82, 2.24) is 5.32 Å². The fraction of sp³-hybridized carbons (Fsp3) is 0.647. The van der Waals surface area contributed by atoms with Gasteiger partial charge in [0, 0.05) is 12.1 Å². The first kappa shape index (κ1) is 13.7. The highest BCUT2D eigenvalue weighted by Crippen LogP contribution is 2.35. The Kier molecular flexibility index (Phi) is 3.88. The predicted octanol–water partition coefficient (Wildman–Crippen LogP) is 3.89. The molecule has 3 rings (SSSR count). The lowest BCUT2D eigenvalue weighted by atomic mass is 9.79. The minimum atomic E-state index is 0.345. The summed E-state index contributed by atoms with van der Waals surface area (Å²) < 4.78 is 10.8. The molecule has 0 radical (unpaired) electrons. The highest BCUT2D eigenvalue weighted by Gasteiger charge is 2.27. The summed E-state index contributed by atoms with van der Waals surface area (Å²) in [4.78, 5) is 0. The topological polar surface area (TPSA) is 30.5 Å². The number of hydrogen-bond donors (Lipinski definition) is 1. The van der Waals surface area contributed by atoms with E-state index >= 15 is 0 Å². The largest absolute Gasteiger partial charge is 0.454 e. The molecule has 2 aliphatic rings. The number of rotatable bonds is 3. The van der Waals surface area contributed by atoms with E-state index in [1.54, 1.807) is 0 Å². The average molecular weight is 275 g/mol. The molecule has 3 heteroatoms. The van der Waals surface area contributed by atoms with E-state index in [9.17, 15) is 0 Å². The first-order chi connectivity index (χ1) is 9.63. The van der Waals surface area contributed by atoms with Crippen molar-refractivity contribution in [2.24, 2.45) is 11.8 Å². The zero-order valence-electron chi connectivity index (χ0n) is 12.7. The Hall–Kier alpha value is -1.22. The summed E-state index contributed by atoms with van der Waals surface area (Å²) in [6, 6.07) is 7.24. The summed E-state index contributed by atoms with van der Waals surface area (Å²) in [5.74, 6) is 3.34. The monoisotopic (exact) mass is 275 g/mol. The van der Waals surface area contributed by atoms with Crippen LogP contribution in [0, 0.1) is 11.8 Å². The van der Waals surface area contributed by atoms with Crippen LogP contribution in [0.1, 0.15) is 51.6 Å². The molecule has 0 spiro atoms. The SMILES string of the molecule is CC1CCC(C)C(NC(C)c2ccc3c(c2)OCO3)C1. The van der Waals surface area contributed by atoms with E-state index in [1.807, 2.05) is 6.07 Å². The first-order valence-corrected chi connectivity index (χ1v) is 7.79. The quantitative estimate of drug-likeness (QED) is 0.907. The molecule has 0 saturated heterocycles. The van der Waals surface area contributed by atoms with Crippen molar-refractivity contribution in [3.63, 3.8) is 0 Å². The highest BCUT2D eigenvalue weighted by atomic mass is 16.7. The van der Waals surface area contributed by atoms with Crippen molar-refractivity contribution in [3.05, 3.63) is 23.8 Å². The Bertz CT molecular complexity index is 474. The normalized spacial score (nSPS) is 30.2. The summed E-state index contributed by atoms with van der Waals surface area (Å²) in [6.45, 7) is 7.32. The molecule has 20 heavy (non-hydrogen) atoms. The Labute approximate surface area is 121 Å². The zero-order valence-corrected chi connectivity index (χ0v) is 12.7. The van der Waals surface area contributed by atoms with Crippen molar-refractivity contribution < 1.29 is 9.47 Å². The molecule has 0 amide bonds. The molecule has 3 nitrogen and oxygen atoms in total. The molecule has 1 saturated carbocycles. The summed E-state index contributed by atoms with van der Waals surface area (Å²) in [5, 5.41) is 3.81. The van der Waals surface area contributed by atoms with Gasteiger partial charge in [0.25, 0.3) is 0 Å². The lowest BCUT2D eigenvalue weighted by Gasteiger charge is -2.35. The van der Waals surface area contributed by atoms with Crippen LogP contribution >= 0.6 is 0 Å². The minimum Gasteiger partial charge on any atom is -0.454 e. The summed E-state index contributed by atoms with van der Waals surface area (Å²) in [7, 11) is 0. The van der Waals surface area contributed by atoms with Crippen LogP contribution in [0.5, 0.6) is 11.5 Å². The fourth-order valence-corrected chi connectivity index (χ4v) is 3.36. The van der Waals surface area contributed by atoms with Crippen LogP contribution in [0.15, 0.2) is 18.2 Å². The molecular formula is C17H25NO2. The number of nitrogens with one attached hydrogen (secondary N) is 1. The third-order valence-corrected chi connectivity index (χ3v) is 4.82. The van der Waals surface area contributed by atoms with Gasteiger partial charge in [0.2, 0.25) is 6.79 Å². The molecule has 1 aromatic carbocycles. The van der Waals surface area contributed by atoms with Crippen molar-refractivity contribution in [1.29, 1.82) is 0 Å². The lowest BCUT2D eigenvalue weighted by Crippen LogP contribution is -2.40. The van der Waals surface area contributed by atoms with Gasteiger partial charge in [0.15, 0.2) is 11.5 Å².